The summed E-state index contributed by atoms with van der Waals surface area (Å²) in [7, 11) is -4.14. The van der Waals surface area contributed by atoms with Crippen molar-refractivity contribution in [2.75, 3.05) is 10.8 Å². The Kier molecular flexibility index (Phi) is 10.6. The molecule has 0 spiro atoms. The van der Waals surface area contributed by atoms with Gasteiger partial charge in [0, 0.05) is 28.2 Å². The van der Waals surface area contributed by atoms with E-state index in [1.54, 1.807) is 48.5 Å². The molecule has 0 bridgehead atoms. The Morgan fingerprint density at radius 1 is 0.929 bits per heavy atom. The van der Waals surface area contributed by atoms with E-state index >= 15 is 0 Å². The monoisotopic (exact) mass is 629 g/mol. The highest BCUT2D eigenvalue weighted by molar-refractivity contribution is 7.92. The van der Waals surface area contributed by atoms with E-state index < -0.39 is 28.5 Å². The number of carbonyl (C=O) groups excluding carboxylic acids is 2. The Morgan fingerprint density at radius 3 is 2.14 bits per heavy atom. The van der Waals surface area contributed by atoms with E-state index in [1.165, 1.54) is 17.0 Å². The molecule has 42 heavy (non-hydrogen) atoms. The topological polar surface area (TPSA) is 86.8 Å². The molecule has 1 N–H and O–H groups in total. The Hall–Kier alpha value is -3.07. The van der Waals surface area contributed by atoms with Crippen LogP contribution in [0.5, 0.6) is 0 Å². The summed E-state index contributed by atoms with van der Waals surface area (Å²) in [5, 5.41) is 3.81. The van der Waals surface area contributed by atoms with Crippen LogP contribution in [0.1, 0.15) is 55.7 Å². The number of hydrogen-bond acceptors (Lipinski definition) is 4. The van der Waals surface area contributed by atoms with Crippen LogP contribution < -0.4 is 9.62 Å². The van der Waals surface area contributed by atoms with Crippen LogP contribution in [0.4, 0.5) is 5.69 Å². The van der Waals surface area contributed by atoms with Gasteiger partial charge in [0.1, 0.15) is 12.6 Å². The molecular weight excluding hydrogens is 593 g/mol. The first-order valence-electron chi connectivity index (χ1n) is 14.2. The summed E-state index contributed by atoms with van der Waals surface area (Å²) in [6.07, 6.45) is 4.19. The van der Waals surface area contributed by atoms with E-state index in [4.69, 9.17) is 23.2 Å². The highest BCUT2D eigenvalue weighted by Gasteiger charge is 2.35. The lowest BCUT2D eigenvalue weighted by atomic mass is 10.1. The third-order valence-corrected chi connectivity index (χ3v) is 10.2. The van der Waals surface area contributed by atoms with Crippen molar-refractivity contribution < 1.29 is 18.0 Å². The smallest absolute Gasteiger partial charge is 0.264 e. The lowest BCUT2D eigenvalue weighted by Crippen LogP contribution is -2.53. The van der Waals surface area contributed by atoms with Crippen molar-refractivity contribution >= 4 is 50.7 Å². The Balaban J connectivity index is 1.75. The lowest BCUT2D eigenvalue weighted by Gasteiger charge is -2.34. The summed E-state index contributed by atoms with van der Waals surface area (Å²) in [6.45, 7) is 4.98. The maximum absolute atomic E-state index is 14.3. The fourth-order valence-electron chi connectivity index (χ4n) is 5.29. The molecule has 0 aromatic heterocycles. The number of amides is 2. The van der Waals surface area contributed by atoms with Gasteiger partial charge < -0.3 is 10.2 Å². The fraction of sp³-hybridized carbons (Fsp3) is 0.375. The van der Waals surface area contributed by atoms with Crippen LogP contribution in [0, 0.1) is 13.8 Å². The quantitative estimate of drug-likeness (QED) is 0.256. The first kappa shape index (κ1) is 31.9. The van der Waals surface area contributed by atoms with E-state index in [0.29, 0.717) is 27.7 Å². The summed E-state index contributed by atoms with van der Waals surface area (Å²) < 4.78 is 29.1. The summed E-state index contributed by atoms with van der Waals surface area (Å²) in [4.78, 5) is 29.3. The molecule has 0 radical (unpaired) electrons. The van der Waals surface area contributed by atoms with Gasteiger partial charge in [0.15, 0.2) is 0 Å². The second kappa shape index (κ2) is 13.9. The van der Waals surface area contributed by atoms with E-state index in [1.807, 2.05) is 26.8 Å². The van der Waals surface area contributed by atoms with Gasteiger partial charge in [-0.2, -0.15) is 0 Å². The first-order valence-corrected chi connectivity index (χ1v) is 16.4. The van der Waals surface area contributed by atoms with Crippen molar-refractivity contribution in [3.63, 3.8) is 0 Å². The molecule has 4 rings (SSSR count). The number of carbonyl (C=O) groups is 2. The van der Waals surface area contributed by atoms with Crippen molar-refractivity contribution in [2.24, 2.45) is 0 Å². The summed E-state index contributed by atoms with van der Waals surface area (Å²) in [6, 6.07) is 17.7. The van der Waals surface area contributed by atoms with E-state index in [2.05, 4.69) is 5.32 Å². The largest absolute Gasteiger partial charge is 0.352 e. The van der Waals surface area contributed by atoms with Crippen molar-refractivity contribution in [2.45, 2.75) is 76.4 Å². The number of anilines is 1. The van der Waals surface area contributed by atoms with E-state index in [-0.39, 0.29) is 23.4 Å². The van der Waals surface area contributed by atoms with Gasteiger partial charge in [-0.05, 0) is 75.1 Å². The average Bonchev–Trinajstić information content (AvgIpc) is 3.46. The van der Waals surface area contributed by atoms with Crippen molar-refractivity contribution in [1.29, 1.82) is 0 Å². The fourth-order valence-corrected chi connectivity index (χ4v) is 7.21. The zero-order chi connectivity index (χ0) is 30.4. The Labute approximate surface area is 258 Å². The third-order valence-electron chi connectivity index (χ3n) is 7.66. The minimum Gasteiger partial charge on any atom is -0.352 e. The van der Waals surface area contributed by atoms with Crippen LogP contribution in [-0.2, 0) is 26.2 Å². The maximum atomic E-state index is 14.3. The molecule has 224 valence electrons. The van der Waals surface area contributed by atoms with E-state index in [0.717, 1.165) is 41.1 Å². The molecule has 3 aromatic rings. The molecule has 7 nitrogen and oxygen atoms in total. The van der Waals surface area contributed by atoms with Gasteiger partial charge in [0.05, 0.1) is 10.6 Å². The standard InChI is InChI=1S/C32H37Cl2N3O4S/c1-4-30(32(39)35-24-10-5-6-11-24)36(20-27-28(33)13-8-14-29(27)34)31(38)21-37(25-12-7-9-23(3)19-25)42(40,41)26-17-15-22(2)16-18-26/h7-9,12-19,24,30H,4-6,10-11,20-21H2,1-3H3,(H,35,39)/t30-/m1/s1. The highest BCUT2D eigenvalue weighted by Crippen LogP contribution is 2.29. The van der Waals surface area contributed by atoms with Crippen molar-refractivity contribution in [3.8, 4) is 0 Å². The first-order chi connectivity index (χ1) is 20.0. The van der Waals surface area contributed by atoms with Gasteiger partial charge in [0.2, 0.25) is 11.8 Å². The molecule has 1 aliphatic carbocycles. The SMILES string of the molecule is CC[C@H](C(=O)NC1CCCC1)N(Cc1c(Cl)cccc1Cl)C(=O)CN(c1cccc(C)c1)S(=O)(=O)c1ccc(C)cc1. The van der Waals surface area contributed by atoms with Crippen LogP contribution in [0.25, 0.3) is 0 Å². The number of rotatable bonds is 11. The maximum Gasteiger partial charge on any atom is 0.264 e. The van der Waals surface area contributed by atoms with Gasteiger partial charge >= 0.3 is 0 Å². The summed E-state index contributed by atoms with van der Waals surface area (Å²) >= 11 is 13.0. The highest BCUT2D eigenvalue weighted by atomic mass is 35.5. The lowest BCUT2D eigenvalue weighted by molar-refractivity contribution is -0.140. The second-order valence-electron chi connectivity index (χ2n) is 10.8. The predicted molar refractivity (Wildman–Crippen MR) is 168 cm³/mol. The number of aryl methyl sites for hydroxylation is 2. The molecule has 1 atom stereocenters. The van der Waals surface area contributed by atoms with Crippen molar-refractivity contribution in [3.05, 3.63) is 93.5 Å². The molecular formula is C32H37Cl2N3O4S. The zero-order valence-electron chi connectivity index (χ0n) is 24.1. The van der Waals surface area contributed by atoms with Crippen LogP contribution in [-0.4, -0.2) is 43.8 Å². The molecule has 2 amide bonds. The normalized spacial score (nSPS) is 14.4. The van der Waals surface area contributed by atoms with E-state index in [9.17, 15) is 18.0 Å². The number of nitrogens with zero attached hydrogens (tertiary/aromatic N) is 2. The number of sulfonamides is 1. The van der Waals surface area contributed by atoms with Gasteiger partial charge in [-0.25, -0.2) is 8.42 Å². The minimum atomic E-state index is -4.14. The predicted octanol–water partition coefficient (Wildman–Crippen LogP) is 6.67. The molecule has 3 aromatic carbocycles. The summed E-state index contributed by atoms with van der Waals surface area (Å²) in [5.41, 5.74) is 2.59. The van der Waals surface area contributed by atoms with Crippen LogP contribution in [0.15, 0.2) is 71.6 Å². The van der Waals surface area contributed by atoms with Crippen molar-refractivity contribution in [1.82, 2.24) is 10.2 Å². The number of hydrogen-bond donors (Lipinski definition) is 1. The van der Waals surface area contributed by atoms with Crippen LogP contribution in [0.2, 0.25) is 10.0 Å². The third kappa shape index (κ3) is 7.46. The molecule has 0 saturated heterocycles. The summed E-state index contributed by atoms with van der Waals surface area (Å²) in [5.74, 6) is -0.818. The number of halogens is 2. The van der Waals surface area contributed by atoms with Gasteiger partial charge in [-0.15, -0.1) is 0 Å². The molecule has 0 heterocycles. The number of nitrogens with one attached hydrogen (secondary N) is 1. The Bertz CT molecular complexity index is 1500. The molecule has 1 aliphatic rings. The second-order valence-corrected chi connectivity index (χ2v) is 13.5. The average molecular weight is 631 g/mol. The number of benzene rings is 3. The van der Waals surface area contributed by atoms with Crippen LogP contribution in [0.3, 0.4) is 0 Å². The molecule has 10 heteroatoms. The molecule has 0 unspecified atom stereocenters. The van der Waals surface area contributed by atoms with Gasteiger partial charge in [-0.3, -0.25) is 13.9 Å². The van der Waals surface area contributed by atoms with Gasteiger partial charge in [-0.1, -0.05) is 78.9 Å². The molecule has 1 fully saturated rings. The minimum absolute atomic E-state index is 0.0538. The zero-order valence-corrected chi connectivity index (χ0v) is 26.5. The van der Waals surface area contributed by atoms with Gasteiger partial charge in [0.25, 0.3) is 10.0 Å². The van der Waals surface area contributed by atoms with Crippen LogP contribution >= 0.6 is 23.2 Å². The molecule has 1 saturated carbocycles. The molecule has 0 aliphatic heterocycles. The Morgan fingerprint density at radius 2 is 1.55 bits per heavy atom.